The second-order valence-corrected chi connectivity index (χ2v) is 8.23. The quantitative estimate of drug-likeness (QED) is 0.368. The van der Waals surface area contributed by atoms with Gasteiger partial charge in [-0.1, -0.05) is 65.0 Å². The van der Waals surface area contributed by atoms with Crippen LogP contribution >= 0.6 is 0 Å². The van der Waals surface area contributed by atoms with Gasteiger partial charge in [0.2, 0.25) is 0 Å². The maximum atomic E-state index is 10.5. The zero-order valence-electron chi connectivity index (χ0n) is 16.4. The van der Waals surface area contributed by atoms with Crippen molar-refractivity contribution in [3.05, 3.63) is 12.2 Å². The lowest BCUT2D eigenvalue weighted by molar-refractivity contribution is -0.137. The van der Waals surface area contributed by atoms with Crippen LogP contribution in [-0.2, 0) is 9.53 Å². The lowest BCUT2D eigenvalue weighted by atomic mass is 9.80. The van der Waals surface area contributed by atoms with E-state index in [9.17, 15) is 9.90 Å². The van der Waals surface area contributed by atoms with Crippen LogP contribution in [0.25, 0.3) is 0 Å². The second kappa shape index (κ2) is 11.7. The van der Waals surface area contributed by atoms with Crippen molar-refractivity contribution in [2.75, 3.05) is 13.2 Å². The van der Waals surface area contributed by atoms with Gasteiger partial charge in [0.15, 0.2) is 0 Å². The van der Waals surface area contributed by atoms with Gasteiger partial charge in [-0.3, -0.25) is 4.79 Å². The van der Waals surface area contributed by atoms with Crippen molar-refractivity contribution in [1.29, 1.82) is 0 Å². The molecule has 0 amide bonds. The molecule has 1 aliphatic heterocycles. The molecule has 1 saturated heterocycles. The molecule has 1 rings (SSSR count). The zero-order valence-corrected chi connectivity index (χ0v) is 16.4. The van der Waals surface area contributed by atoms with Crippen molar-refractivity contribution >= 4 is 5.97 Å². The molecule has 1 heterocycles. The molecule has 4 heteroatoms. The summed E-state index contributed by atoms with van der Waals surface area (Å²) >= 11 is 0. The topological polar surface area (TPSA) is 66.8 Å². The van der Waals surface area contributed by atoms with Gasteiger partial charge < -0.3 is 14.9 Å². The van der Waals surface area contributed by atoms with E-state index in [1.807, 2.05) is 6.08 Å². The summed E-state index contributed by atoms with van der Waals surface area (Å²) in [5.74, 6) is 0.229. The molecule has 3 atom stereocenters. The molecule has 1 unspecified atom stereocenters. The maximum absolute atomic E-state index is 10.5. The van der Waals surface area contributed by atoms with Crippen LogP contribution in [0.15, 0.2) is 12.2 Å². The van der Waals surface area contributed by atoms with Crippen LogP contribution < -0.4 is 0 Å². The summed E-state index contributed by atoms with van der Waals surface area (Å²) in [6.07, 6.45) is 12.5. The fraction of sp³-hybridized carbons (Fsp3) is 0.857. The molecular formula is C21H38O4. The van der Waals surface area contributed by atoms with Gasteiger partial charge >= 0.3 is 5.97 Å². The predicted molar refractivity (Wildman–Crippen MR) is 102 cm³/mol. The van der Waals surface area contributed by atoms with Crippen LogP contribution in [0.2, 0.25) is 0 Å². The van der Waals surface area contributed by atoms with Crippen LogP contribution in [0.4, 0.5) is 0 Å². The van der Waals surface area contributed by atoms with Crippen LogP contribution in [0.3, 0.4) is 0 Å². The van der Waals surface area contributed by atoms with E-state index in [0.717, 1.165) is 64.6 Å². The Labute approximate surface area is 153 Å². The highest BCUT2D eigenvalue weighted by atomic mass is 16.5. The third kappa shape index (κ3) is 8.87. The van der Waals surface area contributed by atoms with Gasteiger partial charge in [0, 0.05) is 12.3 Å². The minimum absolute atomic E-state index is 0.0778. The first-order valence-electron chi connectivity index (χ1n) is 10.0. The van der Waals surface area contributed by atoms with Gasteiger partial charge in [0.05, 0.1) is 19.3 Å². The second-order valence-electron chi connectivity index (χ2n) is 8.23. The molecule has 4 nitrogen and oxygen atoms in total. The summed E-state index contributed by atoms with van der Waals surface area (Å²) in [6.45, 7) is 8.01. The van der Waals surface area contributed by atoms with E-state index >= 15 is 0 Å². The summed E-state index contributed by atoms with van der Waals surface area (Å²) in [4.78, 5) is 10.5. The third-order valence-electron chi connectivity index (χ3n) is 5.48. The highest BCUT2D eigenvalue weighted by Gasteiger charge is 2.28. The average molecular weight is 355 g/mol. The normalized spacial score (nSPS) is 22.6. The highest BCUT2D eigenvalue weighted by molar-refractivity contribution is 5.66. The van der Waals surface area contributed by atoms with Crippen molar-refractivity contribution in [3.63, 3.8) is 0 Å². The van der Waals surface area contributed by atoms with Crippen LogP contribution in [-0.4, -0.2) is 35.5 Å². The molecule has 0 radical (unpaired) electrons. The van der Waals surface area contributed by atoms with Crippen molar-refractivity contribution in [2.45, 2.75) is 84.7 Å². The lowest BCUT2D eigenvalue weighted by Crippen LogP contribution is -2.27. The van der Waals surface area contributed by atoms with Crippen LogP contribution in [0.1, 0.15) is 78.6 Å². The van der Waals surface area contributed by atoms with Gasteiger partial charge in [-0.15, -0.1) is 0 Å². The number of hydrogen-bond acceptors (Lipinski definition) is 3. The standard InChI is InChI=1S/C21H38O4/c1-4-5-14-21(2,3)19(22)13-12-18-16-25-15-17(18)10-8-6-7-9-11-20(23)24/h12-13,17-19,22H,4-11,14-16H2,1-3H3,(H,23,24)/t17-,18+,19?/m0/s1. The average Bonchev–Trinajstić information content (AvgIpc) is 3.01. The van der Waals surface area contributed by atoms with E-state index in [1.54, 1.807) is 0 Å². The number of aliphatic carboxylic acids is 1. The Balaban J connectivity index is 2.33. The fourth-order valence-electron chi connectivity index (χ4n) is 3.45. The fourth-order valence-corrected chi connectivity index (χ4v) is 3.45. The molecule has 0 aromatic heterocycles. The van der Waals surface area contributed by atoms with Gasteiger partial charge in [-0.2, -0.15) is 0 Å². The molecule has 1 aliphatic rings. The van der Waals surface area contributed by atoms with Crippen LogP contribution in [0, 0.1) is 17.3 Å². The van der Waals surface area contributed by atoms with E-state index in [4.69, 9.17) is 9.84 Å². The molecule has 0 aromatic rings. The number of carboxylic acids is 1. The first kappa shape index (κ1) is 22.2. The molecule has 25 heavy (non-hydrogen) atoms. The molecule has 0 aromatic carbocycles. The number of hydrogen-bond donors (Lipinski definition) is 2. The number of aliphatic hydroxyl groups is 1. The Hall–Kier alpha value is -0.870. The van der Waals surface area contributed by atoms with Crippen molar-refractivity contribution in [2.24, 2.45) is 17.3 Å². The Bertz CT molecular complexity index is 403. The maximum Gasteiger partial charge on any atom is 0.303 e. The van der Waals surface area contributed by atoms with Gasteiger partial charge in [0.1, 0.15) is 0 Å². The Morgan fingerprint density at radius 2 is 1.92 bits per heavy atom. The van der Waals surface area contributed by atoms with Gasteiger partial charge in [0.25, 0.3) is 0 Å². The third-order valence-corrected chi connectivity index (χ3v) is 5.48. The molecule has 0 spiro atoms. The monoisotopic (exact) mass is 354 g/mol. The summed E-state index contributed by atoms with van der Waals surface area (Å²) in [6, 6.07) is 0. The number of carbonyl (C=O) groups is 1. The van der Waals surface area contributed by atoms with Gasteiger partial charge in [-0.25, -0.2) is 0 Å². The van der Waals surface area contributed by atoms with E-state index in [-0.39, 0.29) is 11.8 Å². The first-order valence-corrected chi connectivity index (χ1v) is 10.0. The molecule has 0 bridgehead atoms. The molecular weight excluding hydrogens is 316 g/mol. The first-order chi connectivity index (χ1) is 11.9. The minimum Gasteiger partial charge on any atom is -0.481 e. The number of rotatable bonds is 13. The van der Waals surface area contributed by atoms with E-state index in [1.165, 1.54) is 0 Å². The van der Waals surface area contributed by atoms with Gasteiger partial charge in [-0.05, 0) is 30.6 Å². The zero-order chi connectivity index (χ0) is 18.7. The number of ether oxygens (including phenoxy) is 1. The van der Waals surface area contributed by atoms with Crippen molar-refractivity contribution < 1.29 is 19.7 Å². The molecule has 146 valence electrons. The summed E-state index contributed by atoms with van der Waals surface area (Å²) in [5.41, 5.74) is -0.0778. The summed E-state index contributed by atoms with van der Waals surface area (Å²) in [5, 5.41) is 19.1. The Morgan fingerprint density at radius 3 is 2.60 bits per heavy atom. The number of carboxylic acid groups (broad SMARTS) is 1. The number of aliphatic hydroxyl groups excluding tert-OH is 1. The van der Waals surface area contributed by atoms with E-state index < -0.39 is 12.1 Å². The molecule has 0 saturated carbocycles. The van der Waals surface area contributed by atoms with Crippen LogP contribution in [0.5, 0.6) is 0 Å². The van der Waals surface area contributed by atoms with Crippen molar-refractivity contribution in [3.8, 4) is 0 Å². The smallest absolute Gasteiger partial charge is 0.303 e. The SMILES string of the molecule is CCCCC(C)(C)C(O)C=C[C@@H]1COC[C@@H]1CCCCCCC(=O)O. The minimum atomic E-state index is -0.699. The molecule has 2 N–H and O–H groups in total. The highest BCUT2D eigenvalue weighted by Crippen LogP contribution is 2.31. The largest absolute Gasteiger partial charge is 0.481 e. The molecule has 1 fully saturated rings. The van der Waals surface area contributed by atoms with E-state index in [2.05, 4.69) is 26.8 Å². The summed E-state index contributed by atoms with van der Waals surface area (Å²) < 4.78 is 5.65. The summed E-state index contributed by atoms with van der Waals surface area (Å²) in [7, 11) is 0. The van der Waals surface area contributed by atoms with E-state index in [0.29, 0.717) is 11.8 Å². The Morgan fingerprint density at radius 1 is 1.20 bits per heavy atom. The Kier molecular flexibility index (Phi) is 10.4. The predicted octanol–water partition coefficient (Wildman–Crippen LogP) is 4.81. The van der Waals surface area contributed by atoms with Crippen molar-refractivity contribution in [1.82, 2.24) is 0 Å². The molecule has 0 aliphatic carbocycles. The number of unbranched alkanes of at least 4 members (excludes halogenated alkanes) is 4. The lowest BCUT2D eigenvalue weighted by Gasteiger charge is -2.29.